The molecule has 3 heterocycles. The van der Waals surface area contributed by atoms with Gasteiger partial charge in [0.1, 0.15) is 0 Å². The molecular weight excluding hydrogens is 438 g/mol. The number of fused-ring (bicyclic) bond motifs is 5. The summed E-state index contributed by atoms with van der Waals surface area (Å²) in [6, 6.07) is 16.4. The van der Waals surface area contributed by atoms with E-state index in [0.717, 1.165) is 58.2 Å². The van der Waals surface area contributed by atoms with Crippen LogP contribution in [0.5, 0.6) is 23.0 Å². The van der Waals surface area contributed by atoms with Crippen molar-refractivity contribution < 1.29 is 23.5 Å². The summed E-state index contributed by atoms with van der Waals surface area (Å²) in [6.45, 7) is 1.14. The minimum absolute atomic E-state index is 0.268. The van der Waals surface area contributed by atoms with E-state index in [2.05, 4.69) is 41.1 Å². The molecular formula is C27H23ClNO4+. The molecule has 6 rings (SSSR count). The molecule has 0 saturated heterocycles. The Bertz CT molecular complexity index is 1400. The number of aryl methyl sites for hydroxylation is 2. The number of hydrogen-bond acceptors (Lipinski definition) is 4. The number of methoxy groups -OCH3 is 2. The van der Waals surface area contributed by atoms with E-state index < -0.39 is 0 Å². The van der Waals surface area contributed by atoms with Gasteiger partial charge >= 0.3 is 0 Å². The Morgan fingerprint density at radius 1 is 0.939 bits per heavy atom. The van der Waals surface area contributed by atoms with Crippen LogP contribution in [0.3, 0.4) is 0 Å². The lowest BCUT2D eigenvalue weighted by molar-refractivity contribution is -0.686. The third kappa shape index (κ3) is 3.26. The molecule has 0 aliphatic carbocycles. The summed E-state index contributed by atoms with van der Waals surface area (Å²) in [4.78, 5) is 0. The first-order valence-electron chi connectivity index (χ1n) is 10.9. The molecule has 166 valence electrons. The summed E-state index contributed by atoms with van der Waals surface area (Å²) in [5.41, 5.74) is 6.08. The topological polar surface area (TPSA) is 40.8 Å². The minimum Gasteiger partial charge on any atom is -0.493 e. The number of ether oxygens (including phenoxy) is 4. The summed E-state index contributed by atoms with van der Waals surface area (Å²) in [5.74, 6) is 3.10. The molecule has 0 spiro atoms. The quantitative estimate of drug-likeness (QED) is 0.385. The van der Waals surface area contributed by atoms with E-state index in [1.54, 1.807) is 14.2 Å². The monoisotopic (exact) mass is 460 g/mol. The largest absolute Gasteiger partial charge is 0.493 e. The van der Waals surface area contributed by atoms with Crippen LogP contribution in [0.4, 0.5) is 0 Å². The fourth-order valence-corrected chi connectivity index (χ4v) is 5.12. The van der Waals surface area contributed by atoms with Gasteiger partial charge in [-0.05, 0) is 47.5 Å². The van der Waals surface area contributed by atoms with E-state index in [4.69, 9.17) is 30.5 Å². The maximum Gasteiger partial charge on any atom is 0.231 e. The normalized spacial score (nSPS) is 13.5. The molecule has 2 aliphatic heterocycles. The molecule has 2 aliphatic rings. The van der Waals surface area contributed by atoms with Gasteiger partial charge < -0.3 is 18.9 Å². The standard InChI is InChI=1S/C27H23ClNO4/c1-30-23-8-7-19-21(11-16-3-5-18(28)6-4-16)26-20-13-25-24(32-15-33-25)12-17(20)9-10-29(26)14-22(19)27(23)31-2/h3-8,12-14H,9-11,15H2,1-2H3/q+1. The molecule has 4 aromatic rings. The van der Waals surface area contributed by atoms with E-state index in [-0.39, 0.29) is 6.79 Å². The molecule has 0 unspecified atom stereocenters. The van der Waals surface area contributed by atoms with Gasteiger partial charge in [-0.25, -0.2) is 0 Å². The van der Waals surface area contributed by atoms with Crippen LogP contribution in [0.2, 0.25) is 5.02 Å². The highest BCUT2D eigenvalue weighted by Crippen LogP contribution is 2.44. The molecule has 33 heavy (non-hydrogen) atoms. The Morgan fingerprint density at radius 3 is 2.48 bits per heavy atom. The zero-order valence-corrected chi connectivity index (χ0v) is 19.2. The van der Waals surface area contributed by atoms with Crippen LogP contribution in [-0.4, -0.2) is 21.0 Å². The fourth-order valence-electron chi connectivity index (χ4n) is 4.99. The predicted molar refractivity (Wildman–Crippen MR) is 127 cm³/mol. The van der Waals surface area contributed by atoms with Crippen molar-refractivity contribution in [3.8, 4) is 34.3 Å². The van der Waals surface area contributed by atoms with Gasteiger partial charge in [-0.3, -0.25) is 0 Å². The second kappa shape index (κ2) is 7.85. The van der Waals surface area contributed by atoms with Crippen LogP contribution >= 0.6 is 11.6 Å². The summed E-state index contributed by atoms with van der Waals surface area (Å²) in [7, 11) is 3.36. The number of benzene rings is 3. The average molecular weight is 461 g/mol. The van der Waals surface area contributed by atoms with Crippen LogP contribution in [0.1, 0.15) is 16.7 Å². The summed E-state index contributed by atoms with van der Waals surface area (Å²) in [5, 5.41) is 2.91. The van der Waals surface area contributed by atoms with Crippen LogP contribution in [0, 0.1) is 0 Å². The van der Waals surface area contributed by atoms with Crippen LogP contribution in [-0.2, 0) is 19.4 Å². The minimum atomic E-state index is 0.268. The van der Waals surface area contributed by atoms with Gasteiger partial charge in [-0.15, -0.1) is 0 Å². The molecule has 0 fully saturated rings. The van der Waals surface area contributed by atoms with Crippen molar-refractivity contribution in [2.45, 2.75) is 19.4 Å². The fraction of sp³-hybridized carbons (Fsp3) is 0.222. The lowest BCUT2D eigenvalue weighted by atomic mass is 9.88. The Hall–Kier alpha value is -3.44. The average Bonchev–Trinajstić information content (AvgIpc) is 3.30. The molecule has 0 amide bonds. The Balaban J connectivity index is 1.65. The molecule has 0 bridgehead atoms. The molecule has 0 atom stereocenters. The molecule has 5 nitrogen and oxygen atoms in total. The van der Waals surface area contributed by atoms with Gasteiger partial charge in [0, 0.05) is 28.8 Å². The van der Waals surface area contributed by atoms with Crippen LogP contribution < -0.4 is 23.5 Å². The highest BCUT2D eigenvalue weighted by molar-refractivity contribution is 6.30. The van der Waals surface area contributed by atoms with Crippen molar-refractivity contribution in [2.75, 3.05) is 21.0 Å². The van der Waals surface area contributed by atoms with E-state index in [0.29, 0.717) is 0 Å². The first-order chi connectivity index (χ1) is 16.2. The Labute approximate surface area is 197 Å². The molecule has 0 saturated carbocycles. The SMILES string of the molecule is COc1ccc2c(Cc3ccc(Cl)cc3)c3[n+](cc2c1OC)CCc1cc2c(cc1-3)OCO2. The van der Waals surface area contributed by atoms with Gasteiger partial charge in [0.25, 0.3) is 0 Å². The number of nitrogens with zero attached hydrogens (tertiary/aromatic N) is 1. The van der Waals surface area contributed by atoms with Gasteiger partial charge in [-0.2, -0.15) is 4.57 Å². The van der Waals surface area contributed by atoms with Crippen molar-refractivity contribution >= 4 is 22.4 Å². The van der Waals surface area contributed by atoms with E-state index in [9.17, 15) is 0 Å². The molecule has 0 radical (unpaired) electrons. The molecule has 0 N–H and O–H groups in total. The van der Waals surface area contributed by atoms with Crippen molar-refractivity contribution in [2.24, 2.45) is 0 Å². The number of aromatic nitrogens is 1. The summed E-state index contributed by atoms with van der Waals surface area (Å²) < 4.78 is 25.1. The van der Waals surface area contributed by atoms with Gasteiger partial charge in [0.2, 0.25) is 12.5 Å². The number of rotatable bonds is 4. The van der Waals surface area contributed by atoms with Gasteiger partial charge in [-0.1, -0.05) is 23.7 Å². The van der Waals surface area contributed by atoms with Crippen LogP contribution in [0.25, 0.3) is 22.0 Å². The predicted octanol–water partition coefficient (Wildman–Crippen LogP) is 5.34. The highest BCUT2D eigenvalue weighted by Gasteiger charge is 2.32. The molecule has 6 heteroatoms. The third-order valence-corrected chi connectivity index (χ3v) is 6.79. The Kier molecular flexibility index (Phi) is 4.80. The second-order valence-electron chi connectivity index (χ2n) is 8.33. The third-order valence-electron chi connectivity index (χ3n) is 6.54. The van der Waals surface area contributed by atoms with Crippen molar-refractivity contribution in [3.05, 3.63) is 76.4 Å². The van der Waals surface area contributed by atoms with Crippen LogP contribution in [0.15, 0.2) is 54.7 Å². The van der Waals surface area contributed by atoms with Crippen molar-refractivity contribution in [3.63, 3.8) is 0 Å². The van der Waals surface area contributed by atoms with Crippen molar-refractivity contribution in [1.29, 1.82) is 0 Å². The van der Waals surface area contributed by atoms with E-state index >= 15 is 0 Å². The second-order valence-corrected chi connectivity index (χ2v) is 8.76. The first-order valence-corrected chi connectivity index (χ1v) is 11.3. The highest BCUT2D eigenvalue weighted by atomic mass is 35.5. The maximum atomic E-state index is 6.16. The zero-order valence-electron chi connectivity index (χ0n) is 18.5. The first kappa shape index (κ1) is 20.2. The van der Waals surface area contributed by atoms with Crippen molar-refractivity contribution in [1.82, 2.24) is 0 Å². The van der Waals surface area contributed by atoms with Gasteiger partial charge in [0.15, 0.2) is 35.7 Å². The lowest BCUT2D eigenvalue weighted by Gasteiger charge is -2.21. The molecule has 1 aromatic heterocycles. The smallest absolute Gasteiger partial charge is 0.231 e. The van der Waals surface area contributed by atoms with Gasteiger partial charge in [0.05, 0.1) is 25.2 Å². The van der Waals surface area contributed by atoms with E-state index in [1.165, 1.54) is 27.9 Å². The number of halogens is 1. The summed E-state index contributed by atoms with van der Waals surface area (Å²) in [6.07, 6.45) is 3.86. The Morgan fingerprint density at radius 2 is 1.73 bits per heavy atom. The molecule has 3 aromatic carbocycles. The number of pyridine rings is 1. The maximum absolute atomic E-state index is 6.16. The van der Waals surface area contributed by atoms with E-state index in [1.807, 2.05) is 18.2 Å². The lowest BCUT2D eigenvalue weighted by Crippen LogP contribution is -2.41. The zero-order chi connectivity index (χ0) is 22.5. The summed E-state index contributed by atoms with van der Waals surface area (Å²) >= 11 is 6.16. The number of hydrogen-bond donors (Lipinski definition) is 0.